The fourth-order valence-corrected chi connectivity index (χ4v) is 3.44. The summed E-state index contributed by atoms with van der Waals surface area (Å²) in [4.78, 5) is 17.1. The largest absolute Gasteiger partial charge is 0.491 e. The van der Waals surface area contributed by atoms with Crippen LogP contribution in [0.4, 0.5) is 0 Å². The molecule has 0 bridgehead atoms. The molecule has 1 aromatic heterocycles. The van der Waals surface area contributed by atoms with Crippen LogP contribution in [0.2, 0.25) is 0 Å². The van der Waals surface area contributed by atoms with Crippen LogP contribution in [0.15, 0.2) is 30.3 Å². The molecule has 0 N–H and O–H groups in total. The van der Waals surface area contributed by atoms with Gasteiger partial charge in [-0.2, -0.15) is 5.10 Å². The van der Waals surface area contributed by atoms with E-state index in [1.807, 2.05) is 49.9 Å². The molecule has 1 amide bonds. The summed E-state index contributed by atoms with van der Waals surface area (Å²) in [6, 6.07) is 9.56. The molecule has 146 valence electrons. The number of aryl methyl sites for hydroxylation is 2. The molecule has 0 aliphatic carbocycles. The van der Waals surface area contributed by atoms with Crippen molar-refractivity contribution < 1.29 is 9.53 Å². The van der Waals surface area contributed by atoms with Gasteiger partial charge < -0.3 is 9.64 Å². The molecule has 0 saturated carbocycles. The molecule has 6 nitrogen and oxygen atoms in total. The van der Waals surface area contributed by atoms with E-state index in [1.165, 1.54) is 5.69 Å². The highest BCUT2D eigenvalue weighted by molar-refractivity contribution is 5.94. The molecule has 1 aliphatic rings. The molecule has 0 atom stereocenters. The van der Waals surface area contributed by atoms with E-state index in [4.69, 9.17) is 4.74 Å². The number of aromatic nitrogens is 2. The van der Waals surface area contributed by atoms with Gasteiger partial charge in [-0.1, -0.05) is 0 Å². The van der Waals surface area contributed by atoms with Crippen molar-refractivity contribution in [3.8, 4) is 5.75 Å². The highest BCUT2D eigenvalue weighted by atomic mass is 16.5. The highest BCUT2D eigenvalue weighted by Crippen LogP contribution is 2.16. The standard InChI is InChI=1S/C21H30N4O2/c1-16(2)27-20-7-5-19(6-8-20)21(26)24-12-9-23(10-13-24)11-14-25-18(4)15-17(3)22-25/h5-8,15-16H,9-14H2,1-4H3. The first-order valence-corrected chi connectivity index (χ1v) is 9.72. The van der Waals surface area contributed by atoms with Gasteiger partial charge in [-0.3, -0.25) is 14.4 Å². The summed E-state index contributed by atoms with van der Waals surface area (Å²) < 4.78 is 7.71. The first-order chi connectivity index (χ1) is 12.9. The van der Waals surface area contributed by atoms with Crippen molar-refractivity contribution in [1.29, 1.82) is 0 Å². The molecular formula is C21H30N4O2. The molecule has 0 unspecified atom stereocenters. The minimum Gasteiger partial charge on any atom is -0.491 e. The van der Waals surface area contributed by atoms with Gasteiger partial charge in [-0.25, -0.2) is 0 Å². The minimum absolute atomic E-state index is 0.101. The second-order valence-corrected chi connectivity index (χ2v) is 7.48. The number of ether oxygens (including phenoxy) is 1. The molecule has 0 radical (unpaired) electrons. The Morgan fingerprint density at radius 1 is 1.07 bits per heavy atom. The Morgan fingerprint density at radius 3 is 2.30 bits per heavy atom. The quantitative estimate of drug-likeness (QED) is 0.785. The first kappa shape index (κ1) is 19.4. The number of hydrogen-bond acceptors (Lipinski definition) is 4. The topological polar surface area (TPSA) is 50.6 Å². The maximum absolute atomic E-state index is 12.7. The van der Waals surface area contributed by atoms with Gasteiger partial charge in [0, 0.05) is 44.0 Å². The molecule has 1 aromatic carbocycles. The number of carbonyl (C=O) groups is 1. The third-order valence-corrected chi connectivity index (χ3v) is 4.86. The van der Waals surface area contributed by atoms with Gasteiger partial charge in [0.05, 0.1) is 18.3 Å². The summed E-state index contributed by atoms with van der Waals surface area (Å²) in [6.45, 7) is 13.3. The third-order valence-electron chi connectivity index (χ3n) is 4.86. The highest BCUT2D eigenvalue weighted by Gasteiger charge is 2.22. The average molecular weight is 370 g/mol. The number of piperazine rings is 1. The summed E-state index contributed by atoms with van der Waals surface area (Å²) in [7, 11) is 0. The molecule has 0 spiro atoms. The Kier molecular flexibility index (Phi) is 6.16. The number of rotatable bonds is 6. The Bertz CT molecular complexity index is 759. The molecular weight excluding hydrogens is 340 g/mol. The lowest BCUT2D eigenvalue weighted by molar-refractivity contribution is 0.0631. The summed E-state index contributed by atoms with van der Waals surface area (Å²) in [5, 5.41) is 4.52. The van der Waals surface area contributed by atoms with Crippen LogP contribution in [0.25, 0.3) is 0 Å². The van der Waals surface area contributed by atoms with E-state index in [0.717, 1.165) is 56.3 Å². The number of nitrogens with zero attached hydrogens (tertiary/aromatic N) is 4. The van der Waals surface area contributed by atoms with Crippen molar-refractivity contribution in [1.82, 2.24) is 19.6 Å². The van der Waals surface area contributed by atoms with Gasteiger partial charge in [0.1, 0.15) is 5.75 Å². The lowest BCUT2D eigenvalue weighted by atomic mass is 10.1. The van der Waals surface area contributed by atoms with Gasteiger partial charge >= 0.3 is 0 Å². The van der Waals surface area contributed by atoms with Crippen LogP contribution in [0, 0.1) is 13.8 Å². The van der Waals surface area contributed by atoms with E-state index in [1.54, 1.807) is 0 Å². The molecule has 6 heteroatoms. The van der Waals surface area contributed by atoms with Crippen LogP contribution in [-0.2, 0) is 6.54 Å². The van der Waals surface area contributed by atoms with Crippen LogP contribution in [0.5, 0.6) is 5.75 Å². The van der Waals surface area contributed by atoms with E-state index >= 15 is 0 Å². The van der Waals surface area contributed by atoms with Crippen LogP contribution >= 0.6 is 0 Å². The normalized spacial score (nSPS) is 15.4. The SMILES string of the molecule is Cc1cc(C)n(CCN2CCN(C(=O)c3ccc(OC(C)C)cc3)CC2)n1. The van der Waals surface area contributed by atoms with Gasteiger partial charge in [0.25, 0.3) is 5.91 Å². The zero-order chi connectivity index (χ0) is 19.4. The van der Waals surface area contributed by atoms with Crippen molar-refractivity contribution in [3.05, 3.63) is 47.3 Å². The van der Waals surface area contributed by atoms with Crippen LogP contribution < -0.4 is 4.74 Å². The van der Waals surface area contributed by atoms with Crippen molar-refractivity contribution in [2.24, 2.45) is 0 Å². The zero-order valence-electron chi connectivity index (χ0n) is 16.8. The van der Waals surface area contributed by atoms with Crippen molar-refractivity contribution in [3.63, 3.8) is 0 Å². The Labute approximate surface area is 161 Å². The Hall–Kier alpha value is -2.34. The summed E-state index contributed by atoms with van der Waals surface area (Å²) in [5.74, 6) is 0.903. The molecule has 27 heavy (non-hydrogen) atoms. The predicted molar refractivity (Wildman–Crippen MR) is 106 cm³/mol. The van der Waals surface area contributed by atoms with E-state index in [-0.39, 0.29) is 12.0 Å². The van der Waals surface area contributed by atoms with E-state index < -0.39 is 0 Å². The van der Waals surface area contributed by atoms with Crippen LogP contribution in [-0.4, -0.2) is 64.3 Å². The number of amides is 1. The number of carbonyl (C=O) groups excluding carboxylic acids is 1. The van der Waals surface area contributed by atoms with E-state index in [2.05, 4.69) is 27.7 Å². The van der Waals surface area contributed by atoms with E-state index in [9.17, 15) is 4.79 Å². The molecule has 1 saturated heterocycles. The fraction of sp³-hybridized carbons (Fsp3) is 0.524. The monoisotopic (exact) mass is 370 g/mol. The minimum atomic E-state index is 0.101. The average Bonchev–Trinajstić information content (AvgIpc) is 2.97. The third kappa shape index (κ3) is 5.10. The zero-order valence-corrected chi connectivity index (χ0v) is 16.8. The molecule has 1 fully saturated rings. The lowest BCUT2D eigenvalue weighted by Gasteiger charge is -2.34. The Balaban J connectivity index is 1.48. The van der Waals surface area contributed by atoms with E-state index in [0.29, 0.717) is 0 Å². The van der Waals surface area contributed by atoms with Gasteiger partial charge in [-0.05, 0) is 58.0 Å². The fourth-order valence-electron chi connectivity index (χ4n) is 3.44. The second-order valence-electron chi connectivity index (χ2n) is 7.48. The number of benzene rings is 1. The van der Waals surface area contributed by atoms with Crippen LogP contribution in [0.1, 0.15) is 35.6 Å². The molecule has 2 aromatic rings. The smallest absolute Gasteiger partial charge is 0.253 e. The molecule has 3 rings (SSSR count). The summed E-state index contributed by atoms with van der Waals surface area (Å²) in [5.41, 5.74) is 2.99. The van der Waals surface area contributed by atoms with Crippen molar-refractivity contribution in [2.45, 2.75) is 40.3 Å². The van der Waals surface area contributed by atoms with Gasteiger partial charge in [-0.15, -0.1) is 0 Å². The molecule has 1 aliphatic heterocycles. The maximum atomic E-state index is 12.7. The van der Waals surface area contributed by atoms with Gasteiger partial charge in [0.15, 0.2) is 0 Å². The van der Waals surface area contributed by atoms with Gasteiger partial charge in [0.2, 0.25) is 0 Å². The Morgan fingerprint density at radius 2 is 1.74 bits per heavy atom. The molecule has 2 heterocycles. The van der Waals surface area contributed by atoms with Crippen molar-refractivity contribution >= 4 is 5.91 Å². The lowest BCUT2D eigenvalue weighted by Crippen LogP contribution is -2.49. The van der Waals surface area contributed by atoms with Crippen molar-refractivity contribution in [2.75, 3.05) is 32.7 Å². The predicted octanol–water partition coefficient (Wildman–Crippen LogP) is 2.75. The van der Waals surface area contributed by atoms with Crippen LogP contribution in [0.3, 0.4) is 0 Å². The first-order valence-electron chi connectivity index (χ1n) is 9.72. The number of hydrogen-bond donors (Lipinski definition) is 0. The maximum Gasteiger partial charge on any atom is 0.253 e. The second kappa shape index (κ2) is 8.57. The summed E-state index contributed by atoms with van der Waals surface area (Å²) in [6.07, 6.45) is 0.133. The summed E-state index contributed by atoms with van der Waals surface area (Å²) >= 11 is 0.